The summed E-state index contributed by atoms with van der Waals surface area (Å²) in [4.78, 5) is 3.47. The molecule has 0 aliphatic carbocycles. The third-order valence-corrected chi connectivity index (χ3v) is 4.64. The molecule has 0 amide bonds. The number of nitrogens with zero attached hydrogens (tertiary/aromatic N) is 1. The van der Waals surface area contributed by atoms with Gasteiger partial charge in [-0.3, -0.25) is 4.90 Å². The zero-order valence-electron chi connectivity index (χ0n) is 13.1. The topological polar surface area (TPSA) is 15.3 Å². The molecular formula is C16H26ClFN2S. The quantitative estimate of drug-likeness (QED) is 0.841. The molecule has 2 rings (SSSR count). The van der Waals surface area contributed by atoms with Crippen molar-refractivity contribution in [3.8, 4) is 0 Å². The van der Waals surface area contributed by atoms with Crippen molar-refractivity contribution >= 4 is 24.2 Å². The van der Waals surface area contributed by atoms with Crippen LogP contribution in [0.15, 0.2) is 29.2 Å². The number of hydrogen-bond donors (Lipinski definition) is 1. The minimum Gasteiger partial charge on any atom is -0.314 e. The molecule has 21 heavy (non-hydrogen) atoms. The molecule has 0 unspecified atom stereocenters. The molecule has 1 fully saturated rings. The van der Waals surface area contributed by atoms with Crippen LogP contribution < -0.4 is 5.32 Å². The second-order valence-electron chi connectivity index (χ2n) is 6.21. The Hall–Kier alpha value is -0.290. The molecule has 0 aromatic heterocycles. The highest BCUT2D eigenvalue weighted by Crippen LogP contribution is 2.37. The Balaban J connectivity index is 0.00000220. The molecule has 0 saturated carbocycles. The molecule has 1 N–H and O–H groups in total. The fourth-order valence-electron chi connectivity index (χ4n) is 2.55. The van der Waals surface area contributed by atoms with E-state index in [4.69, 9.17) is 0 Å². The number of thioether (sulfide) groups is 1. The molecule has 0 bridgehead atoms. The first-order chi connectivity index (χ1) is 9.51. The Morgan fingerprint density at radius 2 is 1.86 bits per heavy atom. The van der Waals surface area contributed by atoms with Crippen molar-refractivity contribution in [1.29, 1.82) is 0 Å². The molecule has 120 valence electrons. The molecule has 1 aromatic carbocycles. The number of halogens is 2. The van der Waals surface area contributed by atoms with Crippen LogP contribution in [0.2, 0.25) is 0 Å². The summed E-state index contributed by atoms with van der Waals surface area (Å²) in [6.07, 6.45) is 0. The van der Waals surface area contributed by atoms with Gasteiger partial charge in [-0.25, -0.2) is 4.39 Å². The largest absolute Gasteiger partial charge is 0.314 e. The first kappa shape index (κ1) is 18.8. The van der Waals surface area contributed by atoms with Gasteiger partial charge in [-0.2, -0.15) is 0 Å². The van der Waals surface area contributed by atoms with E-state index in [0.29, 0.717) is 0 Å². The molecule has 2 nitrogen and oxygen atoms in total. The van der Waals surface area contributed by atoms with E-state index < -0.39 is 0 Å². The first-order valence-corrected chi connectivity index (χ1v) is 8.11. The van der Waals surface area contributed by atoms with Crippen LogP contribution in [0.5, 0.6) is 0 Å². The maximum Gasteiger partial charge on any atom is 0.109 e. The fraction of sp³-hybridized carbons (Fsp3) is 0.625. The normalized spacial score (nSPS) is 18.1. The van der Waals surface area contributed by atoms with Crippen molar-refractivity contribution in [2.24, 2.45) is 0 Å². The number of benzene rings is 1. The van der Waals surface area contributed by atoms with Gasteiger partial charge in [0.25, 0.3) is 0 Å². The van der Waals surface area contributed by atoms with Gasteiger partial charge in [0.05, 0.1) is 6.04 Å². The van der Waals surface area contributed by atoms with E-state index in [0.717, 1.165) is 31.7 Å². The second-order valence-corrected chi connectivity index (χ2v) is 8.08. The zero-order chi connectivity index (χ0) is 14.6. The van der Waals surface area contributed by atoms with Crippen molar-refractivity contribution in [1.82, 2.24) is 10.2 Å². The summed E-state index contributed by atoms with van der Waals surface area (Å²) in [7, 11) is 0. The van der Waals surface area contributed by atoms with Crippen molar-refractivity contribution in [2.75, 3.05) is 32.9 Å². The van der Waals surface area contributed by atoms with Crippen LogP contribution in [-0.2, 0) is 0 Å². The van der Waals surface area contributed by atoms with Crippen LogP contribution in [0.25, 0.3) is 0 Å². The second kappa shape index (κ2) is 8.37. The van der Waals surface area contributed by atoms with Gasteiger partial charge < -0.3 is 5.32 Å². The van der Waals surface area contributed by atoms with Gasteiger partial charge in [0.1, 0.15) is 6.67 Å². The summed E-state index contributed by atoms with van der Waals surface area (Å²) in [5.41, 5.74) is 1.14. The lowest BCUT2D eigenvalue weighted by Crippen LogP contribution is -2.45. The number of hydrogen-bond acceptors (Lipinski definition) is 3. The smallest absolute Gasteiger partial charge is 0.109 e. The Labute approximate surface area is 138 Å². The molecule has 1 atom stereocenters. The van der Waals surface area contributed by atoms with Gasteiger partial charge in [-0.05, 0) is 11.6 Å². The first-order valence-electron chi connectivity index (χ1n) is 7.30. The Morgan fingerprint density at radius 1 is 1.24 bits per heavy atom. The molecule has 1 aliphatic rings. The van der Waals surface area contributed by atoms with E-state index in [1.807, 2.05) is 23.9 Å². The van der Waals surface area contributed by atoms with Crippen molar-refractivity contribution < 1.29 is 4.39 Å². The Bertz CT molecular complexity index is 431. The van der Waals surface area contributed by atoms with Gasteiger partial charge in [0, 0.05) is 35.8 Å². The fourth-order valence-corrected chi connectivity index (χ4v) is 3.68. The minimum atomic E-state index is -0.318. The van der Waals surface area contributed by atoms with Gasteiger partial charge in [-0.1, -0.05) is 39.0 Å². The number of alkyl halides is 1. The van der Waals surface area contributed by atoms with Gasteiger partial charge in [-0.15, -0.1) is 24.2 Å². The van der Waals surface area contributed by atoms with Crippen LogP contribution in [0, 0.1) is 0 Å². The van der Waals surface area contributed by atoms with E-state index >= 15 is 0 Å². The Kier molecular flexibility index (Phi) is 7.48. The van der Waals surface area contributed by atoms with E-state index in [-0.39, 0.29) is 29.9 Å². The van der Waals surface area contributed by atoms with Gasteiger partial charge >= 0.3 is 0 Å². The third kappa shape index (κ3) is 5.44. The number of piperazine rings is 1. The highest BCUT2D eigenvalue weighted by molar-refractivity contribution is 8.00. The molecule has 0 spiro atoms. The summed E-state index contributed by atoms with van der Waals surface area (Å²) in [5, 5.41) is 3.33. The zero-order valence-corrected chi connectivity index (χ0v) is 14.7. The highest BCUT2D eigenvalue weighted by Gasteiger charge is 2.25. The molecule has 1 aromatic rings. The maximum absolute atomic E-state index is 13.7. The lowest BCUT2D eigenvalue weighted by molar-refractivity contribution is 0.146. The summed E-state index contributed by atoms with van der Waals surface area (Å²) >= 11 is 1.83. The van der Waals surface area contributed by atoms with Crippen LogP contribution >= 0.6 is 24.2 Å². The highest BCUT2D eigenvalue weighted by atomic mass is 35.5. The van der Waals surface area contributed by atoms with Crippen LogP contribution in [0.1, 0.15) is 32.4 Å². The van der Waals surface area contributed by atoms with Gasteiger partial charge in [0.15, 0.2) is 0 Å². The van der Waals surface area contributed by atoms with Crippen molar-refractivity contribution in [2.45, 2.75) is 36.5 Å². The van der Waals surface area contributed by atoms with Crippen LogP contribution in [0.4, 0.5) is 4.39 Å². The van der Waals surface area contributed by atoms with E-state index in [1.54, 1.807) is 0 Å². The molecular weight excluding hydrogens is 307 g/mol. The average Bonchev–Trinajstić information content (AvgIpc) is 2.41. The van der Waals surface area contributed by atoms with Crippen LogP contribution in [-0.4, -0.2) is 42.5 Å². The van der Waals surface area contributed by atoms with E-state index in [9.17, 15) is 4.39 Å². The van der Waals surface area contributed by atoms with Crippen LogP contribution in [0.3, 0.4) is 0 Å². The average molecular weight is 333 g/mol. The standard InChI is InChI=1S/C16H25FN2S.ClH/c1-16(2,3)20-15-7-5-4-6-13(15)14(12-17)19-10-8-18-9-11-19;/h4-7,14,18H,8-12H2,1-3H3;1H/t14-;/m1./s1. The summed E-state index contributed by atoms with van der Waals surface area (Å²) in [5.74, 6) is 0. The Morgan fingerprint density at radius 3 is 2.43 bits per heavy atom. The lowest BCUT2D eigenvalue weighted by Gasteiger charge is -2.35. The van der Waals surface area contributed by atoms with Crippen molar-refractivity contribution in [3.63, 3.8) is 0 Å². The number of rotatable bonds is 4. The minimum absolute atomic E-state index is 0. The SMILES string of the molecule is CC(C)(C)Sc1ccccc1[C@@H](CF)N1CCNCC1.Cl. The number of nitrogens with one attached hydrogen (secondary N) is 1. The van der Waals surface area contributed by atoms with Gasteiger partial charge in [0.2, 0.25) is 0 Å². The van der Waals surface area contributed by atoms with E-state index in [1.165, 1.54) is 4.90 Å². The molecule has 1 saturated heterocycles. The lowest BCUT2D eigenvalue weighted by atomic mass is 10.1. The van der Waals surface area contributed by atoms with E-state index in [2.05, 4.69) is 43.1 Å². The van der Waals surface area contributed by atoms with Crippen molar-refractivity contribution in [3.05, 3.63) is 29.8 Å². The molecule has 5 heteroatoms. The predicted octanol–water partition coefficient (Wildman–Crippen LogP) is 3.91. The predicted molar refractivity (Wildman–Crippen MR) is 92.5 cm³/mol. The molecule has 1 heterocycles. The third-order valence-electron chi connectivity index (χ3n) is 3.43. The maximum atomic E-state index is 13.7. The molecule has 1 aliphatic heterocycles. The summed E-state index contributed by atoms with van der Waals surface area (Å²) in [6.45, 7) is 10.0. The molecule has 0 radical (unpaired) electrons. The monoisotopic (exact) mass is 332 g/mol. The summed E-state index contributed by atoms with van der Waals surface area (Å²) in [6, 6.07) is 8.16. The summed E-state index contributed by atoms with van der Waals surface area (Å²) < 4.78 is 13.8.